The minimum absolute atomic E-state index is 0.136. The second-order valence-corrected chi connectivity index (χ2v) is 6.17. The lowest BCUT2D eigenvalue weighted by atomic mass is 10.1. The Kier molecular flexibility index (Phi) is 5.20. The second-order valence-electron chi connectivity index (χ2n) is 6.17. The molecule has 1 amide bonds. The molecule has 0 radical (unpaired) electrons. The fraction of sp³-hybridized carbons (Fsp3) is 0.0909. The fourth-order valence-corrected chi connectivity index (χ4v) is 2.92. The molecule has 28 heavy (non-hydrogen) atoms. The average molecular weight is 373 g/mol. The van der Waals surface area contributed by atoms with E-state index in [1.165, 1.54) is 6.21 Å². The summed E-state index contributed by atoms with van der Waals surface area (Å²) in [7, 11) is 0. The number of carbonyl (C=O) groups excluding carboxylic acids is 1. The van der Waals surface area contributed by atoms with Gasteiger partial charge in [0.25, 0.3) is 5.91 Å². The number of benzene rings is 3. The molecule has 0 saturated carbocycles. The van der Waals surface area contributed by atoms with Crippen LogP contribution < -0.4 is 20.2 Å². The molecule has 0 saturated heterocycles. The van der Waals surface area contributed by atoms with Crippen molar-refractivity contribution in [3.8, 4) is 11.5 Å². The van der Waals surface area contributed by atoms with E-state index in [-0.39, 0.29) is 19.2 Å². The Bertz CT molecular complexity index is 1050. The molecule has 0 unspecified atom stereocenters. The third kappa shape index (κ3) is 4.12. The van der Waals surface area contributed by atoms with Gasteiger partial charge in [0, 0.05) is 17.3 Å². The van der Waals surface area contributed by atoms with Gasteiger partial charge >= 0.3 is 0 Å². The van der Waals surface area contributed by atoms with E-state index in [0.717, 1.165) is 33.5 Å². The minimum atomic E-state index is -0.222. The van der Waals surface area contributed by atoms with Gasteiger partial charge < -0.3 is 14.8 Å². The highest BCUT2D eigenvalue weighted by molar-refractivity contribution is 5.95. The van der Waals surface area contributed by atoms with Crippen LogP contribution in [0.1, 0.15) is 5.56 Å². The molecule has 1 aliphatic rings. The van der Waals surface area contributed by atoms with E-state index in [1.54, 1.807) is 6.08 Å². The number of hydrogen-bond donors (Lipinski definition) is 2. The molecule has 1 heterocycles. The first-order chi connectivity index (χ1) is 13.8. The van der Waals surface area contributed by atoms with E-state index < -0.39 is 0 Å². The molecule has 0 bridgehead atoms. The largest absolute Gasteiger partial charge is 0.454 e. The van der Waals surface area contributed by atoms with Crippen LogP contribution in [0.4, 0.5) is 5.69 Å². The van der Waals surface area contributed by atoms with Gasteiger partial charge in [0.15, 0.2) is 11.5 Å². The van der Waals surface area contributed by atoms with Crippen molar-refractivity contribution in [2.24, 2.45) is 5.10 Å². The Hall–Kier alpha value is -3.80. The van der Waals surface area contributed by atoms with Crippen LogP contribution in [0.5, 0.6) is 11.5 Å². The Balaban J connectivity index is 1.27. The summed E-state index contributed by atoms with van der Waals surface area (Å²) in [6.45, 7) is 0.389. The van der Waals surface area contributed by atoms with Gasteiger partial charge in [-0.2, -0.15) is 5.10 Å². The standard InChI is InChI=1S/C22H19N3O3/c26-22(14-23-19-9-3-7-17-6-1-2-8-18(17)19)25-24-12-4-5-16-10-11-20-21(13-16)28-15-27-20/h1-13,23H,14-15H2,(H,25,26). The van der Waals surface area contributed by atoms with Crippen molar-refractivity contribution < 1.29 is 14.3 Å². The summed E-state index contributed by atoms with van der Waals surface area (Å²) in [5.74, 6) is 1.25. The fourth-order valence-electron chi connectivity index (χ4n) is 2.92. The number of amides is 1. The van der Waals surface area contributed by atoms with Crippen LogP contribution in [0.3, 0.4) is 0 Å². The lowest BCUT2D eigenvalue weighted by molar-refractivity contribution is -0.119. The lowest BCUT2D eigenvalue weighted by Crippen LogP contribution is -2.25. The molecule has 2 N–H and O–H groups in total. The summed E-state index contributed by atoms with van der Waals surface area (Å²) in [4.78, 5) is 12.0. The van der Waals surface area contributed by atoms with Gasteiger partial charge in [-0.05, 0) is 35.2 Å². The van der Waals surface area contributed by atoms with Crippen molar-refractivity contribution in [1.82, 2.24) is 5.43 Å². The van der Waals surface area contributed by atoms with Crippen molar-refractivity contribution in [3.05, 3.63) is 72.3 Å². The van der Waals surface area contributed by atoms with Crippen molar-refractivity contribution in [1.29, 1.82) is 0 Å². The first-order valence-electron chi connectivity index (χ1n) is 8.89. The minimum Gasteiger partial charge on any atom is -0.454 e. The van der Waals surface area contributed by atoms with Crippen LogP contribution in [0, 0.1) is 0 Å². The van der Waals surface area contributed by atoms with Gasteiger partial charge in [-0.3, -0.25) is 4.79 Å². The SMILES string of the molecule is O=C(CNc1cccc2ccccc12)NN=CC=Cc1ccc2c(c1)OCO2. The number of anilines is 1. The number of hydrogen-bond acceptors (Lipinski definition) is 5. The van der Waals surface area contributed by atoms with Gasteiger partial charge in [-0.1, -0.05) is 48.5 Å². The maximum absolute atomic E-state index is 12.0. The van der Waals surface area contributed by atoms with Crippen LogP contribution in [0.2, 0.25) is 0 Å². The normalized spacial score (nSPS) is 12.7. The molecule has 3 aromatic carbocycles. The Morgan fingerprint density at radius 2 is 1.89 bits per heavy atom. The van der Waals surface area contributed by atoms with E-state index in [9.17, 15) is 4.79 Å². The van der Waals surface area contributed by atoms with E-state index in [0.29, 0.717) is 0 Å². The zero-order valence-corrected chi connectivity index (χ0v) is 15.1. The molecule has 0 spiro atoms. The molecule has 0 atom stereocenters. The van der Waals surface area contributed by atoms with Crippen molar-refractivity contribution in [2.75, 3.05) is 18.7 Å². The summed E-state index contributed by atoms with van der Waals surface area (Å²) in [5.41, 5.74) is 4.38. The molecule has 4 rings (SSSR count). The quantitative estimate of drug-likeness (QED) is 0.509. The summed E-state index contributed by atoms with van der Waals surface area (Å²) in [6.07, 6.45) is 5.14. The van der Waals surface area contributed by atoms with E-state index in [4.69, 9.17) is 9.47 Å². The summed E-state index contributed by atoms with van der Waals surface area (Å²) in [6, 6.07) is 19.6. The Labute approximate surface area is 162 Å². The first-order valence-corrected chi connectivity index (χ1v) is 8.89. The summed E-state index contributed by atoms with van der Waals surface area (Å²) < 4.78 is 10.6. The molecule has 3 aromatic rings. The zero-order valence-electron chi connectivity index (χ0n) is 15.1. The predicted octanol–water partition coefficient (Wildman–Crippen LogP) is 3.80. The van der Waals surface area contributed by atoms with E-state index in [1.807, 2.05) is 66.7 Å². The molecule has 0 aliphatic carbocycles. The highest BCUT2D eigenvalue weighted by Crippen LogP contribution is 2.32. The maximum atomic E-state index is 12.0. The molecule has 140 valence electrons. The van der Waals surface area contributed by atoms with E-state index >= 15 is 0 Å². The van der Waals surface area contributed by atoms with Crippen LogP contribution in [0.15, 0.2) is 71.8 Å². The van der Waals surface area contributed by atoms with Crippen LogP contribution >= 0.6 is 0 Å². The van der Waals surface area contributed by atoms with Gasteiger partial charge in [0.2, 0.25) is 6.79 Å². The number of nitrogens with one attached hydrogen (secondary N) is 2. The molecule has 0 fully saturated rings. The lowest BCUT2D eigenvalue weighted by Gasteiger charge is -2.08. The maximum Gasteiger partial charge on any atom is 0.259 e. The zero-order chi connectivity index (χ0) is 19.2. The monoisotopic (exact) mass is 373 g/mol. The number of carbonyl (C=O) groups is 1. The highest BCUT2D eigenvalue weighted by Gasteiger charge is 2.11. The summed E-state index contributed by atoms with van der Waals surface area (Å²) in [5, 5.41) is 9.28. The van der Waals surface area contributed by atoms with Gasteiger partial charge in [-0.15, -0.1) is 0 Å². The molecular formula is C22H19N3O3. The van der Waals surface area contributed by atoms with Crippen LogP contribution in [-0.4, -0.2) is 25.5 Å². The first kappa shape index (κ1) is 17.6. The number of ether oxygens (including phenoxy) is 2. The third-order valence-corrected chi connectivity index (χ3v) is 4.26. The second kappa shape index (κ2) is 8.26. The number of fused-ring (bicyclic) bond motifs is 2. The van der Waals surface area contributed by atoms with Crippen molar-refractivity contribution in [2.45, 2.75) is 0 Å². The number of hydrazone groups is 1. The highest BCUT2D eigenvalue weighted by atomic mass is 16.7. The Morgan fingerprint density at radius 1 is 1.04 bits per heavy atom. The third-order valence-electron chi connectivity index (χ3n) is 4.26. The molecule has 0 aromatic heterocycles. The number of allylic oxidation sites excluding steroid dienone is 1. The average Bonchev–Trinajstić information content (AvgIpc) is 3.20. The van der Waals surface area contributed by atoms with Crippen molar-refractivity contribution >= 4 is 34.7 Å². The van der Waals surface area contributed by atoms with Crippen LogP contribution in [-0.2, 0) is 4.79 Å². The predicted molar refractivity (Wildman–Crippen MR) is 111 cm³/mol. The van der Waals surface area contributed by atoms with Gasteiger partial charge in [0.05, 0.1) is 6.54 Å². The van der Waals surface area contributed by atoms with E-state index in [2.05, 4.69) is 15.8 Å². The molecule has 6 nitrogen and oxygen atoms in total. The molecular weight excluding hydrogens is 354 g/mol. The summed E-state index contributed by atoms with van der Waals surface area (Å²) >= 11 is 0. The smallest absolute Gasteiger partial charge is 0.259 e. The van der Waals surface area contributed by atoms with Gasteiger partial charge in [0.1, 0.15) is 0 Å². The molecule has 6 heteroatoms. The Morgan fingerprint density at radius 3 is 2.86 bits per heavy atom. The number of rotatable bonds is 6. The van der Waals surface area contributed by atoms with Gasteiger partial charge in [-0.25, -0.2) is 5.43 Å². The topological polar surface area (TPSA) is 72.0 Å². The van der Waals surface area contributed by atoms with Crippen molar-refractivity contribution in [3.63, 3.8) is 0 Å². The van der Waals surface area contributed by atoms with Crippen LogP contribution in [0.25, 0.3) is 16.8 Å². The number of nitrogens with zero attached hydrogens (tertiary/aromatic N) is 1. The molecule has 1 aliphatic heterocycles.